The monoisotopic (exact) mass is 230 g/mol. The zero-order valence-corrected chi connectivity index (χ0v) is 10.4. The lowest BCUT2D eigenvalue weighted by molar-refractivity contribution is 0.282. The Morgan fingerprint density at radius 1 is 1.41 bits per heavy atom. The van der Waals surface area contributed by atoms with Crippen molar-refractivity contribution in [3.8, 4) is 0 Å². The van der Waals surface area contributed by atoms with Gasteiger partial charge >= 0.3 is 0 Å². The maximum absolute atomic E-state index is 8.57. The van der Waals surface area contributed by atoms with Gasteiger partial charge in [0.15, 0.2) is 0 Å². The van der Waals surface area contributed by atoms with Crippen molar-refractivity contribution in [2.24, 2.45) is 10.5 Å². The number of likely N-dealkylation sites (tertiary alicyclic amines) is 1. The number of hydrogen-bond donors (Lipinski definition) is 0. The number of rotatable bonds is 3. The molecule has 0 aliphatic carbocycles. The van der Waals surface area contributed by atoms with Crippen LogP contribution in [0.5, 0.6) is 0 Å². The molecule has 4 heteroatoms. The second kappa shape index (κ2) is 4.78. The summed E-state index contributed by atoms with van der Waals surface area (Å²) in [6.07, 6.45) is 0. The van der Waals surface area contributed by atoms with Crippen molar-refractivity contribution < 1.29 is 0 Å². The van der Waals surface area contributed by atoms with Crippen molar-refractivity contribution in [2.45, 2.75) is 26.4 Å². The minimum Gasteiger partial charge on any atom is -0.298 e. The zero-order chi connectivity index (χ0) is 12.3. The highest BCUT2D eigenvalue weighted by Crippen LogP contribution is 2.32. The molecule has 1 aliphatic rings. The summed E-state index contributed by atoms with van der Waals surface area (Å²) in [5.74, 6) is 0. The third-order valence-corrected chi connectivity index (χ3v) is 3.40. The van der Waals surface area contributed by atoms with Gasteiger partial charge in [-0.3, -0.25) is 4.90 Å². The Kier molecular flexibility index (Phi) is 3.36. The van der Waals surface area contributed by atoms with E-state index in [0.717, 1.165) is 19.6 Å². The quantitative estimate of drug-likeness (QED) is 0.447. The van der Waals surface area contributed by atoms with Crippen molar-refractivity contribution in [2.75, 3.05) is 13.1 Å². The van der Waals surface area contributed by atoms with E-state index in [4.69, 9.17) is 5.53 Å². The van der Waals surface area contributed by atoms with Gasteiger partial charge in [0.1, 0.15) is 0 Å². The Labute approximate surface area is 102 Å². The molecule has 0 N–H and O–H groups in total. The highest BCUT2D eigenvalue weighted by Gasteiger charge is 2.38. The second-order valence-corrected chi connectivity index (χ2v) is 5.36. The Hall–Kier alpha value is -1.51. The van der Waals surface area contributed by atoms with Crippen LogP contribution in [0.3, 0.4) is 0 Å². The van der Waals surface area contributed by atoms with E-state index in [0.29, 0.717) is 0 Å². The van der Waals surface area contributed by atoms with Crippen LogP contribution in [0.2, 0.25) is 0 Å². The molecular weight excluding hydrogens is 212 g/mol. The maximum atomic E-state index is 8.57. The summed E-state index contributed by atoms with van der Waals surface area (Å²) in [7, 11) is 0. The van der Waals surface area contributed by atoms with Crippen LogP contribution in [0.15, 0.2) is 35.4 Å². The molecule has 0 spiro atoms. The van der Waals surface area contributed by atoms with Gasteiger partial charge in [-0.15, -0.1) is 0 Å². The molecule has 1 saturated heterocycles. The Morgan fingerprint density at radius 2 is 2.12 bits per heavy atom. The van der Waals surface area contributed by atoms with Crippen molar-refractivity contribution in [1.82, 2.24) is 4.90 Å². The lowest BCUT2D eigenvalue weighted by atomic mass is 9.88. The third kappa shape index (κ3) is 2.78. The van der Waals surface area contributed by atoms with E-state index in [-0.39, 0.29) is 11.5 Å². The molecular formula is C13H18N4. The third-order valence-electron chi connectivity index (χ3n) is 3.40. The molecule has 1 heterocycles. The van der Waals surface area contributed by atoms with Gasteiger partial charge in [0.05, 0.1) is 6.04 Å². The highest BCUT2D eigenvalue weighted by molar-refractivity contribution is 5.15. The minimum atomic E-state index is 0.0704. The Morgan fingerprint density at radius 3 is 2.76 bits per heavy atom. The smallest absolute Gasteiger partial charge is 0.0564 e. The van der Waals surface area contributed by atoms with Gasteiger partial charge in [0.2, 0.25) is 0 Å². The highest BCUT2D eigenvalue weighted by atomic mass is 15.2. The van der Waals surface area contributed by atoms with Gasteiger partial charge in [-0.25, -0.2) is 0 Å². The Bertz CT molecular complexity index is 420. The molecule has 0 amide bonds. The molecule has 1 fully saturated rings. The first-order valence-electron chi connectivity index (χ1n) is 5.92. The molecule has 0 bridgehead atoms. The van der Waals surface area contributed by atoms with Crippen molar-refractivity contribution in [3.63, 3.8) is 0 Å². The van der Waals surface area contributed by atoms with Gasteiger partial charge in [-0.1, -0.05) is 49.3 Å². The normalized spacial score (nSPS) is 23.3. The maximum Gasteiger partial charge on any atom is 0.0564 e. The largest absolute Gasteiger partial charge is 0.298 e. The molecule has 4 nitrogen and oxygen atoms in total. The molecule has 0 saturated carbocycles. The number of azide groups is 1. The fourth-order valence-corrected chi connectivity index (χ4v) is 2.46. The van der Waals surface area contributed by atoms with E-state index < -0.39 is 0 Å². The average Bonchev–Trinajstić information content (AvgIpc) is 2.55. The predicted molar refractivity (Wildman–Crippen MR) is 68.4 cm³/mol. The van der Waals surface area contributed by atoms with Gasteiger partial charge in [-0.2, -0.15) is 0 Å². The SMILES string of the molecule is CC1(C)CN(Cc2ccccc2)C[C@@H]1N=[N+]=[N-]. The summed E-state index contributed by atoms with van der Waals surface area (Å²) < 4.78 is 0. The van der Waals surface area contributed by atoms with Crippen LogP contribution in [0, 0.1) is 5.41 Å². The van der Waals surface area contributed by atoms with Crippen molar-refractivity contribution >= 4 is 0 Å². The molecule has 0 aromatic heterocycles. The molecule has 2 rings (SSSR count). The number of benzene rings is 1. The van der Waals surface area contributed by atoms with Crippen LogP contribution in [0.1, 0.15) is 19.4 Å². The van der Waals surface area contributed by atoms with E-state index in [1.807, 2.05) is 6.07 Å². The van der Waals surface area contributed by atoms with Crippen molar-refractivity contribution in [3.05, 3.63) is 46.3 Å². The average molecular weight is 230 g/mol. The van der Waals surface area contributed by atoms with Gasteiger partial charge in [0.25, 0.3) is 0 Å². The molecule has 90 valence electrons. The first-order valence-corrected chi connectivity index (χ1v) is 5.92. The summed E-state index contributed by atoms with van der Waals surface area (Å²) in [6.45, 7) is 7.09. The van der Waals surface area contributed by atoms with Crippen LogP contribution in [0.25, 0.3) is 10.4 Å². The summed E-state index contributed by atoms with van der Waals surface area (Å²) >= 11 is 0. The van der Waals surface area contributed by atoms with E-state index in [2.05, 4.69) is 53.0 Å². The van der Waals surface area contributed by atoms with Gasteiger partial charge in [-0.05, 0) is 16.5 Å². The van der Waals surface area contributed by atoms with Crippen LogP contribution in [0.4, 0.5) is 0 Å². The van der Waals surface area contributed by atoms with Crippen LogP contribution >= 0.6 is 0 Å². The Balaban J connectivity index is 2.04. The molecule has 0 unspecified atom stereocenters. The van der Waals surface area contributed by atoms with Gasteiger partial charge < -0.3 is 0 Å². The summed E-state index contributed by atoms with van der Waals surface area (Å²) in [6, 6.07) is 10.5. The van der Waals surface area contributed by atoms with Crippen LogP contribution in [-0.2, 0) is 6.54 Å². The van der Waals surface area contributed by atoms with Gasteiger partial charge in [0, 0.05) is 24.5 Å². The fourth-order valence-electron chi connectivity index (χ4n) is 2.46. The van der Waals surface area contributed by atoms with E-state index in [9.17, 15) is 0 Å². The first-order chi connectivity index (χ1) is 8.12. The predicted octanol–water partition coefficient (Wildman–Crippen LogP) is 3.21. The molecule has 1 aromatic rings. The minimum absolute atomic E-state index is 0.0704. The number of hydrogen-bond acceptors (Lipinski definition) is 2. The topological polar surface area (TPSA) is 52.0 Å². The van der Waals surface area contributed by atoms with E-state index in [1.165, 1.54) is 5.56 Å². The number of nitrogens with zero attached hydrogens (tertiary/aromatic N) is 4. The van der Waals surface area contributed by atoms with E-state index >= 15 is 0 Å². The summed E-state index contributed by atoms with van der Waals surface area (Å²) in [5.41, 5.74) is 9.96. The van der Waals surface area contributed by atoms with Crippen LogP contribution < -0.4 is 0 Å². The zero-order valence-electron chi connectivity index (χ0n) is 10.4. The molecule has 1 atom stereocenters. The van der Waals surface area contributed by atoms with Crippen LogP contribution in [-0.4, -0.2) is 24.0 Å². The lowest BCUT2D eigenvalue weighted by Gasteiger charge is -2.21. The van der Waals surface area contributed by atoms with E-state index in [1.54, 1.807) is 0 Å². The van der Waals surface area contributed by atoms with Crippen molar-refractivity contribution in [1.29, 1.82) is 0 Å². The fraction of sp³-hybridized carbons (Fsp3) is 0.538. The standard InChI is InChI=1S/C13H18N4/c1-13(2)10-17(9-12(13)15-16-14)8-11-6-4-3-5-7-11/h3-7,12H,8-10H2,1-2H3/t12-/m0/s1. The summed E-state index contributed by atoms with van der Waals surface area (Å²) in [4.78, 5) is 5.31. The molecule has 1 aliphatic heterocycles. The second-order valence-electron chi connectivity index (χ2n) is 5.36. The summed E-state index contributed by atoms with van der Waals surface area (Å²) in [5, 5.41) is 3.91. The lowest BCUT2D eigenvalue weighted by Crippen LogP contribution is -2.25. The molecule has 1 aromatic carbocycles. The molecule has 0 radical (unpaired) electrons. The molecule has 17 heavy (non-hydrogen) atoms. The first kappa shape index (κ1) is 12.0.